The highest BCUT2D eigenvalue weighted by atomic mass is 32.2. The molecule has 3 aliphatic rings. The number of pyridine rings is 1. The van der Waals surface area contributed by atoms with E-state index >= 15 is 4.39 Å². The summed E-state index contributed by atoms with van der Waals surface area (Å²) >= 11 is 1.31. The molecule has 2 aromatic rings. The number of carboxylic acid groups (broad SMARTS) is 1. The van der Waals surface area contributed by atoms with Gasteiger partial charge in [-0.25, -0.2) is 9.18 Å². The lowest BCUT2D eigenvalue weighted by Crippen LogP contribution is -2.50. The number of aromatic carboxylic acids is 1. The van der Waals surface area contributed by atoms with Gasteiger partial charge in [-0.1, -0.05) is 18.3 Å². The largest absolute Gasteiger partial charge is 0.477 e. The monoisotopic (exact) mass is 483 g/mol. The number of fused-ring (bicyclic) bond motifs is 3. The fraction of sp³-hybridized carbons (Fsp3) is 0.304. The number of carboxylic acids is 1. The highest BCUT2D eigenvalue weighted by Crippen LogP contribution is 2.46. The van der Waals surface area contributed by atoms with Crippen LogP contribution in [0, 0.1) is 5.82 Å². The molecule has 1 atom stereocenters. The average Bonchev–Trinajstić information content (AvgIpc) is 3.19. The summed E-state index contributed by atoms with van der Waals surface area (Å²) in [5.74, 6) is -1.52. The van der Waals surface area contributed by atoms with Gasteiger partial charge in [0.1, 0.15) is 22.9 Å². The van der Waals surface area contributed by atoms with Crippen LogP contribution in [0.1, 0.15) is 22.7 Å². The Morgan fingerprint density at radius 3 is 2.56 bits per heavy atom. The number of carbonyl (C=O) groups is 2. The molecule has 0 spiro atoms. The van der Waals surface area contributed by atoms with Crippen molar-refractivity contribution in [3.8, 4) is 0 Å². The summed E-state index contributed by atoms with van der Waals surface area (Å²) in [6, 6.07) is 2.74. The van der Waals surface area contributed by atoms with Crippen molar-refractivity contribution >= 4 is 46.1 Å². The van der Waals surface area contributed by atoms with Crippen LogP contribution in [-0.4, -0.2) is 65.5 Å². The summed E-state index contributed by atoms with van der Waals surface area (Å²) in [4.78, 5) is 44.9. The highest BCUT2D eigenvalue weighted by molar-refractivity contribution is 8.00. The van der Waals surface area contributed by atoms with Crippen molar-refractivity contribution in [2.24, 2.45) is 4.99 Å². The molecule has 1 amide bonds. The molecule has 1 aromatic carbocycles. The van der Waals surface area contributed by atoms with Crippen LogP contribution in [0.15, 0.2) is 50.9 Å². The number of nitrogens with one attached hydrogen (secondary N) is 1. The summed E-state index contributed by atoms with van der Waals surface area (Å²) in [7, 11) is 1.62. The molecule has 11 heteroatoms. The van der Waals surface area contributed by atoms with E-state index in [1.807, 2.05) is 11.8 Å². The Balaban J connectivity index is 1.42. The van der Waals surface area contributed by atoms with Gasteiger partial charge in [0.15, 0.2) is 0 Å². The van der Waals surface area contributed by atoms with Gasteiger partial charge in [-0.3, -0.25) is 14.6 Å². The first-order valence-electron chi connectivity index (χ1n) is 10.7. The number of piperazine rings is 1. The summed E-state index contributed by atoms with van der Waals surface area (Å²) in [5, 5.41) is 12.8. The van der Waals surface area contributed by atoms with Gasteiger partial charge >= 0.3 is 5.97 Å². The van der Waals surface area contributed by atoms with Gasteiger partial charge < -0.3 is 24.8 Å². The maximum atomic E-state index is 15.1. The number of carbonyl (C=O) groups excluding carboxylic acids is 1. The van der Waals surface area contributed by atoms with Gasteiger partial charge in [0.2, 0.25) is 5.43 Å². The molecule has 0 bridgehead atoms. The summed E-state index contributed by atoms with van der Waals surface area (Å²) in [5.41, 5.74) is 0.902. The number of hydrogen-bond acceptors (Lipinski definition) is 6. The first kappa shape index (κ1) is 22.2. The number of rotatable bonds is 3. The molecule has 2 N–H and O–H groups in total. The van der Waals surface area contributed by atoms with Crippen molar-refractivity contribution in [1.82, 2.24) is 14.8 Å². The van der Waals surface area contributed by atoms with E-state index in [2.05, 4.69) is 16.9 Å². The highest BCUT2D eigenvalue weighted by Gasteiger charge is 2.34. The molecule has 0 saturated carbocycles. The van der Waals surface area contributed by atoms with E-state index in [0.717, 1.165) is 6.07 Å². The van der Waals surface area contributed by atoms with Crippen molar-refractivity contribution in [2.45, 2.75) is 17.3 Å². The molecule has 3 aliphatic heterocycles. The number of amides is 1. The number of halogens is 1. The van der Waals surface area contributed by atoms with Crippen LogP contribution < -0.4 is 15.6 Å². The van der Waals surface area contributed by atoms with Crippen molar-refractivity contribution in [1.29, 1.82) is 0 Å². The van der Waals surface area contributed by atoms with E-state index < -0.39 is 17.2 Å². The lowest BCUT2D eigenvalue weighted by Gasteiger charge is -2.37. The van der Waals surface area contributed by atoms with Gasteiger partial charge in [-0.2, -0.15) is 0 Å². The molecule has 0 aliphatic carbocycles. The molecule has 0 radical (unpaired) electrons. The zero-order valence-corrected chi connectivity index (χ0v) is 19.4. The second-order valence-electron chi connectivity index (χ2n) is 8.28. The molecule has 4 heterocycles. The van der Waals surface area contributed by atoms with Crippen LogP contribution in [0.5, 0.6) is 0 Å². The third-order valence-electron chi connectivity index (χ3n) is 6.33. The van der Waals surface area contributed by atoms with Crippen molar-refractivity contribution < 1.29 is 19.1 Å². The third-order valence-corrected chi connectivity index (χ3v) is 7.50. The number of nitrogens with zero attached hydrogens (tertiary/aromatic N) is 4. The molecule has 34 heavy (non-hydrogen) atoms. The number of hydrogen-bond donors (Lipinski definition) is 2. The molecule has 5 rings (SSSR count). The van der Waals surface area contributed by atoms with Crippen LogP contribution in [0.2, 0.25) is 0 Å². The summed E-state index contributed by atoms with van der Waals surface area (Å²) in [6.07, 6.45) is 1.67. The van der Waals surface area contributed by atoms with Crippen LogP contribution >= 0.6 is 11.8 Å². The number of thioether (sulfide) groups is 1. The maximum Gasteiger partial charge on any atom is 0.342 e. The van der Waals surface area contributed by atoms with Gasteiger partial charge in [0, 0.05) is 44.2 Å². The number of aliphatic imine (C=N–C) groups is 1. The van der Waals surface area contributed by atoms with E-state index in [4.69, 9.17) is 0 Å². The van der Waals surface area contributed by atoms with E-state index in [1.165, 1.54) is 11.8 Å². The predicted octanol–water partition coefficient (Wildman–Crippen LogP) is 2.18. The van der Waals surface area contributed by atoms with Crippen molar-refractivity contribution in [3.63, 3.8) is 0 Å². The van der Waals surface area contributed by atoms with E-state index in [-0.39, 0.29) is 22.2 Å². The SMILES string of the molecule is C=C1C=C(C(=O)N2CCN(c3cc4c(cc3F)c(=O)c(C(=O)O)c3n4C(C)S3)CC2)NC1=NC. The molecule has 1 saturated heterocycles. The van der Waals surface area contributed by atoms with E-state index in [0.29, 0.717) is 59.5 Å². The Morgan fingerprint density at radius 1 is 1.26 bits per heavy atom. The fourth-order valence-electron chi connectivity index (χ4n) is 4.59. The Bertz CT molecular complexity index is 1400. The Kier molecular flexibility index (Phi) is 5.23. The molecule has 1 unspecified atom stereocenters. The lowest BCUT2D eigenvalue weighted by molar-refractivity contribution is -0.127. The van der Waals surface area contributed by atoms with Crippen LogP contribution in [0.25, 0.3) is 10.9 Å². The summed E-state index contributed by atoms with van der Waals surface area (Å²) < 4.78 is 16.9. The molecular formula is C23H22FN5O4S. The smallest absolute Gasteiger partial charge is 0.342 e. The topological polar surface area (TPSA) is 107 Å². The van der Waals surface area contributed by atoms with Crippen molar-refractivity contribution in [2.75, 3.05) is 38.1 Å². The molecule has 1 aromatic heterocycles. The minimum atomic E-state index is -1.31. The second-order valence-corrected chi connectivity index (χ2v) is 9.59. The quantitative estimate of drug-likeness (QED) is 0.689. The van der Waals surface area contributed by atoms with Gasteiger partial charge in [-0.05, 0) is 25.1 Å². The Hall–Kier alpha value is -3.60. The van der Waals surface area contributed by atoms with Crippen LogP contribution in [-0.2, 0) is 4.79 Å². The number of benzene rings is 1. The zero-order valence-electron chi connectivity index (χ0n) is 18.6. The number of anilines is 1. The average molecular weight is 484 g/mol. The Labute approximate surface area is 198 Å². The van der Waals surface area contributed by atoms with Crippen molar-refractivity contribution in [3.05, 3.63) is 57.7 Å². The first-order chi connectivity index (χ1) is 16.2. The third kappa shape index (κ3) is 3.30. The maximum absolute atomic E-state index is 15.1. The zero-order chi connectivity index (χ0) is 24.3. The normalized spacial score (nSPS) is 20.8. The number of amidine groups is 1. The van der Waals surface area contributed by atoms with Crippen LogP contribution in [0.3, 0.4) is 0 Å². The molecule has 9 nitrogen and oxygen atoms in total. The van der Waals surface area contributed by atoms with Crippen LogP contribution in [0.4, 0.5) is 10.1 Å². The van der Waals surface area contributed by atoms with Gasteiger partial charge in [-0.15, -0.1) is 0 Å². The molecular weight excluding hydrogens is 461 g/mol. The summed E-state index contributed by atoms with van der Waals surface area (Å²) in [6.45, 7) is 7.36. The Morgan fingerprint density at radius 2 is 1.97 bits per heavy atom. The molecule has 176 valence electrons. The van der Waals surface area contributed by atoms with E-state index in [9.17, 15) is 19.5 Å². The number of aromatic nitrogens is 1. The van der Waals surface area contributed by atoms with Gasteiger partial charge in [0.25, 0.3) is 5.91 Å². The minimum Gasteiger partial charge on any atom is -0.477 e. The standard InChI is InChI=1S/C23H22FN5O4S/c1-11-8-15(26-20(11)25-3)21(31)28-6-4-27(5-7-28)17-10-16-13(9-14(17)24)19(30)18(23(32)33)22-29(16)12(2)34-22/h8-10,12H,1,4-7H2,2-3H3,(H,25,26)(H,32,33). The second kappa shape index (κ2) is 8.01. The lowest BCUT2D eigenvalue weighted by atomic mass is 10.1. The molecule has 1 fully saturated rings. The fourth-order valence-corrected chi connectivity index (χ4v) is 5.74. The van der Waals surface area contributed by atoms with E-state index in [1.54, 1.807) is 28.7 Å². The minimum absolute atomic E-state index is 0.0521. The first-order valence-corrected chi connectivity index (χ1v) is 11.6. The van der Waals surface area contributed by atoms with Gasteiger partial charge in [0.05, 0.1) is 21.6 Å². The predicted molar refractivity (Wildman–Crippen MR) is 128 cm³/mol.